The van der Waals surface area contributed by atoms with E-state index in [4.69, 9.17) is 0 Å². The summed E-state index contributed by atoms with van der Waals surface area (Å²) in [5, 5.41) is 2.97. The average Bonchev–Trinajstić information content (AvgIpc) is 3.26. The van der Waals surface area contributed by atoms with Crippen molar-refractivity contribution in [3.63, 3.8) is 0 Å². The molecule has 0 unspecified atom stereocenters. The Kier molecular flexibility index (Phi) is 6.72. The van der Waals surface area contributed by atoms with Crippen LogP contribution in [0, 0.1) is 20.8 Å². The molecule has 7 nitrogen and oxygen atoms in total. The second-order valence-corrected chi connectivity index (χ2v) is 8.63. The van der Waals surface area contributed by atoms with Gasteiger partial charge in [0.25, 0.3) is 0 Å². The Bertz CT molecular complexity index is 1310. The first-order valence-electron chi connectivity index (χ1n) is 11.3. The molecule has 2 aromatic carbocycles. The first kappa shape index (κ1) is 23.2. The van der Waals surface area contributed by atoms with E-state index >= 15 is 0 Å². The van der Waals surface area contributed by atoms with Gasteiger partial charge in [-0.25, -0.2) is 4.98 Å². The molecule has 4 rings (SSSR count). The van der Waals surface area contributed by atoms with E-state index in [9.17, 15) is 9.59 Å². The number of aryl methyl sites for hydroxylation is 3. The van der Waals surface area contributed by atoms with Crippen LogP contribution in [-0.2, 0) is 22.6 Å². The van der Waals surface area contributed by atoms with Gasteiger partial charge in [-0.2, -0.15) is 0 Å². The Morgan fingerprint density at radius 2 is 1.71 bits per heavy atom. The molecule has 0 bridgehead atoms. The van der Waals surface area contributed by atoms with Crippen LogP contribution in [0.2, 0.25) is 0 Å². The number of fused-ring (bicyclic) bond motifs is 1. The number of amides is 2. The normalized spacial score (nSPS) is 11.9. The molecule has 0 fully saturated rings. The number of imidazole rings is 1. The summed E-state index contributed by atoms with van der Waals surface area (Å²) in [7, 11) is 1.70. The van der Waals surface area contributed by atoms with E-state index < -0.39 is 6.04 Å². The Balaban J connectivity index is 1.56. The number of pyridine rings is 1. The second-order valence-electron chi connectivity index (χ2n) is 8.63. The fourth-order valence-corrected chi connectivity index (χ4v) is 4.08. The van der Waals surface area contributed by atoms with Crippen LogP contribution in [0.3, 0.4) is 0 Å². The molecule has 0 aliphatic rings. The third-order valence-electron chi connectivity index (χ3n) is 6.01. The highest BCUT2D eigenvalue weighted by Crippen LogP contribution is 2.21. The third kappa shape index (κ3) is 4.98. The molecule has 0 radical (unpaired) electrons. The minimum atomic E-state index is -0.723. The van der Waals surface area contributed by atoms with Gasteiger partial charge in [0.1, 0.15) is 12.6 Å². The number of carbonyl (C=O) groups is 2. The van der Waals surface area contributed by atoms with Gasteiger partial charge < -0.3 is 14.8 Å². The van der Waals surface area contributed by atoms with Crippen LogP contribution in [0.5, 0.6) is 0 Å². The van der Waals surface area contributed by atoms with Crippen molar-refractivity contribution < 1.29 is 9.59 Å². The van der Waals surface area contributed by atoms with Crippen molar-refractivity contribution in [3.8, 4) is 0 Å². The van der Waals surface area contributed by atoms with Gasteiger partial charge in [-0.05, 0) is 49.6 Å². The second kappa shape index (κ2) is 9.87. The van der Waals surface area contributed by atoms with Gasteiger partial charge in [-0.15, -0.1) is 0 Å². The van der Waals surface area contributed by atoms with Crippen LogP contribution in [0.25, 0.3) is 11.0 Å². The van der Waals surface area contributed by atoms with Crippen molar-refractivity contribution >= 4 is 28.5 Å². The van der Waals surface area contributed by atoms with Crippen molar-refractivity contribution in [2.24, 2.45) is 0 Å². The fourth-order valence-electron chi connectivity index (χ4n) is 4.08. The molecule has 2 aromatic heterocycles. The number of nitrogens with zero attached hydrogens (tertiary/aromatic N) is 4. The number of anilines is 1. The standard InChI is InChI=1S/C27H29N5O2/c1-18-10-11-19(2)26-25(18)29-17-32(26)16-24(33)30-23(14-21-8-6-5-7-9-21)27(34)31(4)22-13-12-20(3)28-15-22/h5-13,15,17,23H,14,16H2,1-4H3,(H,30,33)/t23-/m0/s1. The first-order valence-corrected chi connectivity index (χ1v) is 11.3. The monoisotopic (exact) mass is 455 g/mol. The number of rotatable bonds is 7. The van der Waals surface area contributed by atoms with Crippen LogP contribution < -0.4 is 10.2 Å². The zero-order valence-electron chi connectivity index (χ0n) is 19.9. The van der Waals surface area contributed by atoms with Crippen LogP contribution in [0.15, 0.2) is 67.1 Å². The molecule has 2 heterocycles. The number of likely N-dealkylation sites (N-methyl/N-ethyl adjacent to an activating group) is 1. The summed E-state index contributed by atoms with van der Waals surface area (Å²) >= 11 is 0. The smallest absolute Gasteiger partial charge is 0.249 e. The lowest BCUT2D eigenvalue weighted by Crippen LogP contribution is -2.49. The van der Waals surface area contributed by atoms with Gasteiger partial charge in [-0.1, -0.05) is 42.5 Å². The van der Waals surface area contributed by atoms with Crippen LogP contribution >= 0.6 is 0 Å². The molecule has 0 spiro atoms. The van der Waals surface area contributed by atoms with E-state index in [1.165, 1.54) is 0 Å². The molecule has 1 N–H and O–H groups in total. The van der Waals surface area contributed by atoms with Crippen LogP contribution in [0.4, 0.5) is 5.69 Å². The van der Waals surface area contributed by atoms with Gasteiger partial charge in [0.15, 0.2) is 0 Å². The Morgan fingerprint density at radius 1 is 0.971 bits per heavy atom. The van der Waals surface area contributed by atoms with E-state index in [2.05, 4.69) is 15.3 Å². The number of aromatic nitrogens is 3. The van der Waals surface area contributed by atoms with Gasteiger partial charge >= 0.3 is 0 Å². The molecule has 4 aromatic rings. The quantitative estimate of drug-likeness (QED) is 0.460. The number of benzene rings is 2. The third-order valence-corrected chi connectivity index (χ3v) is 6.01. The molecule has 0 aliphatic carbocycles. The predicted octanol–water partition coefficient (Wildman–Crippen LogP) is 3.75. The van der Waals surface area contributed by atoms with Crippen molar-refractivity contribution in [1.29, 1.82) is 0 Å². The molecule has 0 saturated carbocycles. The Labute approximate surface area is 199 Å². The summed E-state index contributed by atoms with van der Waals surface area (Å²) in [4.78, 5) is 36.9. The lowest BCUT2D eigenvalue weighted by molar-refractivity contribution is -0.127. The lowest BCUT2D eigenvalue weighted by Gasteiger charge is -2.25. The highest BCUT2D eigenvalue weighted by atomic mass is 16.2. The fraction of sp³-hybridized carbons (Fsp3) is 0.259. The van der Waals surface area contributed by atoms with Crippen LogP contribution in [-0.4, -0.2) is 39.4 Å². The van der Waals surface area contributed by atoms with Gasteiger partial charge in [0, 0.05) is 19.2 Å². The topological polar surface area (TPSA) is 80.1 Å². The van der Waals surface area contributed by atoms with Gasteiger partial charge in [-0.3, -0.25) is 14.6 Å². The number of carbonyl (C=O) groups excluding carboxylic acids is 2. The van der Waals surface area contributed by atoms with E-state index in [1.807, 2.05) is 79.9 Å². The maximum Gasteiger partial charge on any atom is 0.249 e. The summed E-state index contributed by atoms with van der Waals surface area (Å²) in [5.74, 6) is -0.449. The van der Waals surface area contributed by atoms with Crippen molar-refractivity contribution in [2.45, 2.75) is 39.8 Å². The summed E-state index contributed by atoms with van der Waals surface area (Å²) in [6.07, 6.45) is 3.73. The highest BCUT2D eigenvalue weighted by molar-refractivity contribution is 5.99. The van der Waals surface area contributed by atoms with Gasteiger partial charge in [0.2, 0.25) is 11.8 Å². The lowest BCUT2D eigenvalue weighted by atomic mass is 10.0. The number of hydrogen-bond acceptors (Lipinski definition) is 4. The summed E-state index contributed by atoms with van der Waals surface area (Å²) in [6, 6.07) is 16.7. The maximum absolute atomic E-state index is 13.4. The Morgan fingerprint density at radius 3 is 2.41 bits per heavy atom. The van der Waals surface area contributed by atoms with Crippen molar-refractivity contribution in [3.05, 3.63) is 89.5 Å². The van der Waals surface area contributed by atoms with Crippen LogP contribution in [0.1, 0.15) is 22.4 Å². The number of nitrogens with one attached hydrogen (secondary N) is 1. The molecule has 2 amide bonds. The Hall–Kier alpha value is -4.00. The molecule has 1 atom stereocenters. The van der Waals surface area contributed by atoms with Crippen molar-refractivity contribution in [2.75, 3.05) is 11.9 Å². The molecule has 174 valence electrons. The van der Waals surface area contributed by atoms with E-state index in [0.29, 0.717) is 12.1 Å². The average molecular weight is 456 g/mol. The van der Waals surface area contributed by atoms with Crippen molar-refractivity contribution in [1.82, 2.24) is 19.9 Å². The minimum Gasteiger partial charge on any atom is -0.342 e. The molecule has 0 aliphatic heterocycles. The van der Waals surface area contributed by atoms with E-state index in [-0.39, 0.29) is 18.4 Å². The summed E-state index contributed by atoms with van der Waals surface area (Å²) in [6.45, 7) is 5.98. The highest BCUT2D eigenvalue weighted by Gasteiger charge is 2.26. The first-order chi connectivity index (χ1) is 16.3. The van der Waals surface area contributed by atoms with Gasteiger partial charge in [0.05, 0.1) is 29.2 Å². The minimum absolute atomic E-state index is 0.0785. The molecule has 34 heavy (non-hydrogen) atoms. The summed E-state index contributed by atoms with van der Waals surface area (Å²) < 4.78 is 1.84. The molecular formula is C27H29N5O2. The summed E-state index contributed by atoms with van der Waals surface area (Å²) in [5.41, 5.74) is 6.45. The molecular weight excluding hydrogens is 426 g/mol. The SMILES string of the molecule is Cc1ccc(N(C)C(=O)[C@H](Cc2ccccc2)NC(=O)Cn2cnc3c(C)ccc(C)c32)cn1. The van der Waals surface area contributed by atoms with E-state index in [1.54, 1.807) is 24.5 Å². The number of hydrogen-bond donors (Lipinski definition) is 1. The zero-order chi connectivity index (χ0) is 24.2. The maximum atomic E-state index is 13.4. The molecule has 7 heteroatoms. The zero-order valence-corrected chi connectivity index (χ0v) is 19.9. The molecule has 0 saturated heterocycles. The van der Waals surface area contributed by atoms with E-state index in [0.717, 1.165) is 33.4 Å². The predicted molar refractivity (Wildman–Crippen MR) is 134 cm³/mol. The largest absolute Gasteiger partial charge is 0.342 e.